The molecule has 138 valence electrons. The van der Waals surface area contributed by atoms with Crippen LogP contribution < -0.4 is 0 Å². The lowest BCUT2D eigenvalue weighted by molar-refractivity contribution is -0.181. The molecule has 5 atom stereocenters. The standard InChI is InChI=1S/C21H36O3/c1-19(2)9-5-10-20(3)16(19)8-11-21(14-22)17(20)7-6-15(13-24-4)12-18(21)23/h6,16-18,22-23H,5,7-14H2,1-4H3. The third-order valence-electron chi connectivity index (χ3n) is 8.05. The molecule has 0 bridgehead atoms. The van der Waals surface area contributed by atoms with E-state index in [4.69, 9.17) is 4.74 Å². The molecule has 3 aliphatic rings. The van der Waals surface area contributed by atoms with Crippen molar-refractivity contribution in [3.63, 3.8) is 0 Å². The van der Waals surface area contributed by atoms with Crippen LogP contribution in [-0.2, 0) is 4.74 Å². The van der Waals surface area contributed by atoms with E-state index in [0.717, 1.165) is 19.3 Å². The summed E-state index contributed by atoms with van der Waals surface area (Å²) in [5, 5.41) is 21.5. The largest absolute Gasteiger partial charge is 0.396 e. The molecule has 0 saturated heterocycles. The first-order valence-corrected chi connectivity index (χ1v) is 9.76. The van der Waals surface area contributed by atoms with E-state index in [-0.39, 0.29) is 17.4 Å². The lowest BCUT2D eigenvalue weighted by atomic mass is 9.42. The van der Waals surface area contributed by atoms with Crippen molar-refractivity contribution < 1.29 is 14.9 Å². The summed E-state index contributed by atoms with van der Waals surface area (Å²) < 4.78 is 5.33. The average molecular weight is 337 g/mol. The predicted molar refractivity (Wildman–Crippen MR) is 96.7 cm³/mol. The minimum absolute atomic E-state index is 0.107. The second-order valence-corrected chi connectivity index (χ2v) is 9.63. The second-order valence-electron chi connectivity index (χ2n) is 9.63. The summed E-state index contributed by atoms with van der Waals surface area (Å²) in [6.07, 6.45) is 9.36. The third-order valence-corrected chi connectivity index (χ3v) is 8.05. The summed E-state index contributed by atoms with van der Waals surface area (Å²) in [7, 11) is 1.72. The number of aliphatic hydroxyl groups is 2. The van der Waals surface area contributed by atoms with Gasteiger partial charge in [0, 0.05) is 12.5 Å². The Morgan fingerprint density at radius 2 is 1.92 bits per heavy atom. The van der Waals surface area contributed by atoms with Crippen molar-refractivity contribution in [2.24, 2.45) is 28.1 Å². The normalized spacial score (nSPS) is 44.9. The first-order chi connectivity index (χ1) is 11.3. The zero-order valence-corrected chi connectivity index (χ0v) is 16.0. The van der Waals surface area contributed by atoms with E-state index in [1.165, 1.54) is 24.8 Å². The van der Waals surface area contributed by atoms with E-state index < -0.39 is 6.10 Å². The molecule has 0 aromatic carbocycles. The highest BCUT2D eigenvalue weighted by molar-refractivity contribution is 5.18. The molecule has 3 aliphatic carbocycles. The monoisotopic (exact) mass is 336 g/mol. The Balaban J connectivity index is 2.01. The maximum atomic E-state index is 11.1. The molecule has 0 heterocycles. The number of fused-ring (bicyclic) bond motifs is 3. The fourth-order valence-electron chi connectivity index (χ4n) is 6.87. The second kappa shape index (κ2) is 6.41. The molecule has 0 aromatic heterocycles. The van der Waals surface area contributed by atoms with Crippen LogP contribution in [0.3, 0.4) is 0 Å². The maximum Gasteiger partial charge on any atom is 0.0673 e. The molecule has 0 spiro atoms. The van der Waals surface area contributed by atoms with Crippen LogP contribution in [-0.4, -0.2) is 36.6 Å². The van der Waals surface area contributed by atoms with Gasteiger partial charge in [0.25, 0.3) is 0 Å². The van der Waals surface area contributed by atoms with Crippen molar-refractivity contribution in [1.29, 1.82) is 0 Å². The van der Waals surface area contributed by atoms with Crippen LogP contribution in [0.15, 0.2) is 11.6 Å². The van der Waals surface area contributed by atoms with Gasteiger partial charge in [-0.2, -0.15) is 0 Å². The van der Waals surface area contributed by atoms with Gasteiger partial charge in [0.15, 0.2) is 0 Å². The molecule has 0 amide bonds. The van der Waals surface area contributed by atoms with Crippen molar-refractivity contribution in [1.82, 2.24) is 0 Å². The van der Waals surface area contributed by atoms with Crippen molar-refractivity contribution in [2.45, 2.75) is 71.8 Å². The highest BCUT2D eigenvalue weighted by Gasteiger charge is 2.61. The van der Waals surface area contributed by atoms with E-state index in [1.807, 2.05) is 0 Å². The topological polar surface area (TPSA) is 49.7 Å². The number of rotatable bonds is 3. The van der Waals surface area contributed by atoms with Gasteiger partial charge < -0.3 is 14.9 Å². The van der Waals surface area contributed by atoms with Gasteiger partial charge in [-0.3, -0.25) is 0 Å². The molecule has 0 radical (unpaired) electrons. The zero-order chi connectivity index (χ0) is 17.6. The summed E-state index contributed by atoms with van der Waals surface area (Å²) >= 11 is 0. The Morgan fingerprint density at radius 3 is 2.58 bits per heavy atom. The Kier molecular flexibility index (Phi) is 4.92. The van der Waals surface area contributed by atoms with E-state index in [0.29, 0.717) is 30.3 Å². The molecule has 0 aliphatic heterocycles. The highest BCUT2D eigenvalue weighted by atomic mass is 16.5. The van der Waals surface area contributed by atoms with Crippen LogP contribution in [0.5, 0.6) is 0 Å². The van der Waals surface area contributed by atoms with Crippen molar-refractivity contribution in [2.75, 3.05) is 20.3 Å². The Labute approximate surface area is 147 Å². The van der Waals surface area contributed by atoms with E-state index >= 15 is 0 Å². The number of hydrogen-bond acceptors (Lipinski definition) is 3. The molecule has 2 N–H and O–H groups in total. The van der Waals surface area contributed by atoms with Gasteiger partial charge >= 0.3 is 0 Å². The molecule has 3 nitrogen and oxygen atoms in total. The molecule has 3 rings (SSSR count). The van der Waals surface area contributed by atoms with Gasteiger partial charge in [0.2, 0.25) is 0 Å². The molecule has 3 heteroatoms. The van der Waals surface area contributed by atoms with E-state index in [9.17, 15) is 10.2 Å². The van der Waals surface area contributed by atoms with Gasteiger partial charge in [-0.25, -0.2) is 0 Å². The fraction of sp³-hybridized carbons (Fsp3) is 0.905. The number of aliphatic hydroxyl groups excluding tert-OH is 2. The van der Waals surface area contributed by atoms with Crippen molar-refractivity contribution >= 4 is 0 Å². The summed E-state index contributed by atoms with van der Waals surface area (Å²) in [6.45, 7) is 8.02. The molecule has 2 fully saturated rings. The summed E-state index contributed by atoms with van der Waals surface area (Å²) in [5.41, 5.74) is 1.43. The number of methoxy groups -OCH3 is 1. The Morgan fingerprint density at radius 1 is 1.17 bits per heavy atom. The first-order valence-electron chi connectivity index (χ1n) is 9.76. The van der Waals surface area contributed by atoms with Crippen LogP contribution >= 0.6 is 0 Å². The Hall–Kier alpha value is -0.380. The highest BCUT2D eigenvalue weighted by Crippen LogP contribution is 2.66. The molecular weight excluding hydrogens is 300 g/mol. The molecule has 2 saturated carbocycles. The summed E-state index contributed by atoms with van der Waals surface area (Å²) in [5.74, 6) is 1.05. The van der Waals surface area contributed by atoms with Crippen LogP contribution in [0.4, 0.5) is 0 Å². The van der Waals surface area contributed by atoms with Gasteiger partial charge in [0.1, 0.15) is 0 Å². The quantitative estimate of drug-likeness (QED) is 0.768. The van der Waals surface area contributed by atoms with Crippen LogP contribution in [0.1, 0.15) is 65.7 Å². The third kappa shape index (κ3) is 2.68. The number of hydrogen-bond donors (Lipinski definition) is 2. The minimum atomic E-state index is -0.459. The first kappa shape index (κ1) is 18.4. The molecule has 0 aromatic rings. The number of ether oxygens (including phenoxy) is 1. The lowest BCUT2D eigenvalue weighted by Crippen LogP contribution is -2.59. The zero-order valence-electron chi connectivity index (χ0n) is 16.0. The molecule has 5 unspecified atom stereocenters. The van der Waals surface area contributed by atoms with Gasteiger partial charge in [-0.1, -0.05) is 33.3 Å². The summed E-state index contributed by atoms with van der Waals surface area (Å²) in [6, 6.07) is 0. The summed E-state index contributed by atoms with van der Waals surface area (Å²) in [4.78, 5) is 0. The van der Waals surface area contributed by atoms with Crippen LogP contribution in [0.25, 0.3) is 0 Å². The van der Waals surface area contributed by atoms with Crippen LogP contribution in [0.2, 0.25) is 0 Å². The average Bonchev–Trinajstić information content (AvgIpc) is 2.65. The minimum Gasteiger partial charge on any atom is -0.396 e. The SMILES string of the molecule is COCC1=CCC2C3(C)CCCC(C)(C)C3CCC2(CO)C(O)C1. The smallest absolute Gasteiger partial charge is 0.0673 e. The number of allylic oxidation sites excluding steroid dienone is 1. The molecule has 24 heavy (non-hydrogen) atoms. The van der Waals surface area contributed by atoms with Crippen LogP contribution in [0, 0.1) is 28.1 Å². The molecular formula is C21H36O3. The maximum absolute atomic E-state index is 11.1. The van der Waals surface area contributed by atoms with Gasteiger partial charge in [-0.15, -0.1) is 0 Å². The Bertz CT molecular complexity index is 497. The van der Waals surface area contributed by atoms with Crippen molar-refractivity contribution in [3.05, 3.63) is 11.6 Å². The van der Waals surface area contributed by atoms with Crippen molar-refractivity contribution in [3.8, 4) is 0 Å². The van der Waals surface area contributed by atoms with E-state index in [1.54, 1.807) is 7.11 Å². The fourth-order valence-corrected chi connectivity index (χ4v) is 6.87. The van der Waals surface area contributed by atoms with Gasteiger partial charge in [0.05, 0.1) is 19.3 Å². The van der Waals surface area contributed by atoms with Gasteiger partial charge in [-0.05, 0) is 66.8 Å². The predicted octanol–water partition coefficient (Wildman–Crippen LogP) is 3.94. The lowest BCUT2D eigenvalue weighted by Gasteiger charge is -2.63. The van der Waals surface area contributed by atoms with E-state index in [2.05, 4.69) is 26.8 Å².